The van der Waals surface area contributed by atoms with Crippen LogP contribution >= 0.6 is 0 Å². The minimum absolute atomic E-state index is 0.209. The molecular formula is C19H20FNO. The fraction of sp³-hybridized carbons (Fsp3) is 0.263. The van der Waals surface area contributed by atoms with E-state index < -0.39 is 0 Å². The molecule has 0 saturated heterocycles. The number of para-hydroxylation sites is 1. The zero-order chi connectivity index (χ0) is 15.7. The van der Waals surface area contributed by atoms with Gasteiger partial charge in [-0.2, -0.15) is 0 Å². The van der Waals surface area contributed by atoms with E-state index in [9.17, 15) is 4.39 Å². The fourth-order valence-electron chi connectivity index (χ4n) is 2.71. The molecule has 2 nitrogen and oxygen atoms in total. The maximum Gasteiger partial charge on any atom is 0.125 e. The third-order valence-corrected chi connectivity index (χ3v) is 3.91. The van der Waals surface area contributed by atoms with Crippen molar-refractivity contribution in [1.82, 2.24) is 4.57 Å². The lowest BCUT2D eigenvalue weighted by Crippen LogP contribution is -1.99. The van der Waals surface area contributed by atoms with Crippen molar-refractivity contribution in [1.29, 1.82) is 0 Å². The topological polar surface area (TPSA) is 14.2 Å². The molecule has 2 aromatic carbocycles. The van der Waals surface area contributed by atoms with Gasteiger partial charge in [0.05, 0.1) is 5.52 Å². The SMILES string of the molecule is Cc1ccccc1OCc1cn(C(C)C)c2cc(F)ccc12. The van der Waals surface area contributed by atoms with Crippen LogP contribution in [0.25, 0.3) is 10.9 Å². The van der Waals surface area contributed by atoms with Crippen LogP contribution in [0.15, 0.2) is 48.7 Å². The van der Waals surface area contributed by atoms with E-state index in [1.807, 2.05) is 37.3 Å². The Kier molecular flexibility index (Phi) is 3.88. The summed E-state index contributed by atoms with van der Waals surface area (Å²) in [6.07, 6.45) is 2.06. The van der Waals surface area contributed by atoms with Gasteiger partial charge in [0.25, 0.3) is 0 Å². The molecule has 0 aliphatic carbocycles. The van der Waals surface area contributed by atoms with Gasteiger partial charge in [-0.15, -0.1) is 0 Å². The van der Waals surface area contributed by atoms with Gasteiger partial charge in [0, 0.05) is 23.2 Å². The number of rotatable bonds is 4. The molecule has 0 aliphatic heterocycles. The van der Waals surface area contributed by atoms with E-state index in [1.165, 1.54) is 6.07 Å². The van der Waals surface area contributed by atoms with Crippen LogP contribution in [0.2, 0.25) is 0 Å². The summed E-state index contributed by atoms with van der Waals surface area (Å²) in [5, 5.41) is 1.05. The van der Waals surface area contributed by atoms with Gasteiger partial charge in [-0.1, -0.05) is 18.2 Å². The van der Waals surface area contributed by atoms with E-state index in [1.54, 1.807) is 6.07 Å². The van der Waals surface area contributed by atoms with Gasteiger partial charge in [-0.3, -0.25) is 0 Å². The molecule has 0 aliphatic rings. The number of fused-ring (bicyclic) bond motifs is 1. The minimum atomic E-state index is -0.209. The van der Waals surface area contributed by atoms with Crippen LogP contribution in [-0.4, -0.2) is 4.57 Å². The van der Waals surface area contributed by atoms with Gasteiger partial charge >= 0.3 is 0 Å². The van der Waals surface area contributed by atoms with Crippen LogP contribution in [-0.2, 0) is 6.61 Å². The molecule has 0 atom stereocenters. The van der Waals surface area contributed by atoms with Crippen molar-refractivity contribution in [2.24, 2.45) is 0 Å². The van der Waals surface area contributed by atoms with Crippen molar-refractivity contribution in [3.05, 3.63) is 65.6 Å². The predicted octanol–water partition coefficient (Wildman–Crippen LogP) is 5.25. The Labute approximate surface area is 130 Å². The number of nitrogens with zero attached hydrogens (tertiary/aromatic N) is 1. The Balaban J connectivity index is 1.96. The summed E-state index contributed by atoms with van der Waals surface area (Å²) in [5.41, 5.74) is 3.10. The monoisotopic (exact) mass is 297 g/mol. The summed E-state index contributed by atoms with van der Waals surface area (Å²) in [4.78, 5) is 0. The molecule has 3 rings (SSSR count). The third-order valence-electron chi connectivity index (χ3n) is 3.91. The average Bonchev–Trinajstić information content (AvgIpc) is 2.84. The molecule has 0 amide bonds. The Hall–Kier alpha value is -2.29. The molecule has 0 N–H and O–H groups in total. The number of aryl methyl sites for hydroxylation is 1. The molecule has 22 heavy (non-hydrogen) atoms. The lowest BCUT2D eigenvalue weighted by molar-refractivity contribution is 0.305. The summed E-state index contributed by atoms with van der Waals surface area (Å²) < 4.78 is 21.6. The first-order valence-electron chi connectivity index (χ1n) is 7.53. The average molecular weight is 297 g/mol. The molecule has 3 aromatic rings. The molecule has 1 heterocycles. The van der Waals surface area contributed by atoms with Crippen molar-refractivity contribution in [3.8, 4) is 5.75 Å². The molecule has 114 valence electrons. The molecular weight excluding hydrogens is 277 g/mol. The molecule has 3 heteroatoms. The van der Waals surface area contributed by atoms with Crippen LogP contribution in [0.4, 0.5) is 4.39 Å². The number of benzene rings is 2. The highest BCUT2D eigenvalue weighted by atomic mass is 19.1. The number of halogens is 1. The van der Waals surface area contributed by atoms with Gasteiger partial charge in [0.2, 0.25) is 0 Å². The molecule has 0 bridgehead atoms. The minimum Gasteiger partial charge on any atom is -0.489 e. The van der Waals surface area contributed by atoms with Crippen LogP contribution in [0.5, 0.6) is 5.75 Å². The second-order valence-electron chi connectivity index (χ2n) is 5.87. The van der Waals surface area contributed by atoms with E-state index in [-0.39, 0.29) is 11.9 Å². The largest absolute Gasteiger partial charge is 0.489 e. The molecule has 0 saturated carbocycles. The maximum atomic E-state index is 13.5. The Morgan fingerprint density at radius 1 is 1.14 bits per heavy atom. The first-order chi connectivity index (χ1) is 10.6. The zero-order valence-corrected chi connectivity index (χ0v) is 13.1. The quantitative estimate of drug-likeness (QED) is 0.641. The van der Waals surface area contributed by atoms with Crippen LogP contribution < -0.4 is 4.74 Å². The summed E-state index contributed by atoms with van der Waals surface area (Å²) in [7, 11) is 0. The maximum absolute atomic E-state index is 13.5. The van der Waals surface area contributed by atoms with Gasteiger partial charge in [0.15, 0.2) is 0 Å². The van der Waals surface area contributed by atoms with Crippen LogP contribution in [0.3, 0.4) is 0 Å². The number of hydrogen-bond donors (Lipinski definition) is 0. The standard InChI is InChI=1S/C19H20FNO/c1-13(2)21-11-15(17-9-8-16(20)10-18(17)21)12-22-19-7-5-4-6-14(19)3/h4-11,13H,12H2,1-3H3. The fourth-order valence-corrected chi connectivity index (χ4v) is 2.71. The number of hydrogen-bond acceptors (Lipinski definition) is 1. The second kappa shape index (κ2) is 5.84. The lowest BCUT2D eigenvalue weighted by Gasteiger charge is -2.09. The van der Waals surface area contributed by atoms with Crippen molar-refractivity contribution >= 4 is 10.9 Å². The van der Waals surface area contributed by atoms with Gasteiger partial charge in [-0.05, 0) is 50.6 Å². The molecule has 0 unspecified atom stereocenters. The van der Waals surface area contributed by atoms with Gasteiger partial charge in [-0.25, -0.2) is 4.39 Å². The molecule has 0 radical (unpaired) electrons. The Bertz CT molecular complexity index is 804. The van der Waals surface area contributed by atoms with Crippen molar-refractivity contribution in [2.45, 2.75) is 33.4 Å². The van der Waals surface area contributed by atoms with Crippen LogP contribution in [0, 0.1) is 12.7 Å². The van der Waals surface area contributed by atoms with Crippen molar-refractivity contribution < 1.29 is 9.13 Å². The molecule has 1 aromatic heterocycles. The highest BCUT2D eigenvalue weighted by molar-refractivity contribution is 5.84. The summed E-state index contributed by atoms with van der Waals surface area (Å²) in [6.45, 7) is 6.70. The highest BCUT2D eigenvalue weighted by Gasteiger charge is 2.12. The third kappa shape index (κ3) is 2.71. The van der Waals surface area contributed by atoms with E-state index in [4.69, 9.17) is 4.74 Å². The normalized spacial score (nSPS) is 11.3. The van der Waals surface area contributed by atoms with Crippen molar-refractivity contribution in [2.75, 3.05) is 0 Å². The van der Waals surface area contributed by atoms with Gasteiger partial charge in [0.1, 0.15) is 18.2 Å². The van der Waals surface area contributed by atoms with E-state index in [2.05, 4.69) is 24.6 Å². The van der Waals surface area contributed by atoms with E-state index in [0.717, 1.165) is 27.8 Å². The zero-order valence-electron chi connectivity index (χ0n) is 13.1. The lowest BCUT2D eigenvalue weighted by atomic mass is 10.2. The Morgan fingerprint density at radius 3 is 2.64 bits per heavy atom. The molecule has 0 spiro atoms. The first kappa shape index (κ1) is 14.6. The smallest absolute Gasteiger partial charge is 0.125 e. The van der Waals surface area contributed by atoms with E-state index >= 15 is 0 Å². The summed E-state index contributed by atoms with van der Waals surface area (Å²) in [5.74, 6) is 0.675. The Morgan fingerprint density at radius 2 is 1.91 bits per heavy atom. The van der Waals surface area contributed by atoms with Crippen LogP contribution in [0.1, 0.15) is 31.0 Å². The van der Waals surface area contributed by atoms with Gasteiger partial charge < -0.3 is 9.30 Å². The summed E-state index contributed by atoms with van der Waals surface area (Å²) in [6, 6.07) is 13.2. The highest BCUT2D eigenvalue weighted by Crippen LogP contribution is 2.27. The second-order valence-corrected chi connectivity index (χ2v) is 5.87. The number of ether oxygens (including phenoxy) is 1. The summed E-state index contributed by atoms with van der Waals surface area (Å²) >= 11 is 0. The first-order valence-corrected chi connectivity index (χ1v) is 7.53. The predicted molar refractivity (Wildman–Crippen MR) is 87.8 cm³/mol. The van der Waals surface area contributed by atoms with E-state index in [0.29, 0.717) is 6.61 Å². The molecule has 0 fully saturated rings. The number of aromatic nitrogens is 1. The van der Waals surface area contributed by atoms with Crippen molar-refractivity contribution in [3.63, 3.8) is 0 Å².